The average Bonchev–Trinajstić information content (AvgIpc) is 2.76. The molecule has 0 aliphatic carbocycles. The maximum absolute atomic E-state index is 13.5. The average molecular weight is 462 g/mol. The maximum Gasteiger partial charge on any atom is 0.355 e. The van der Waals surface area contributed by atoms with Gasteiger partial charge in [-0.15, -0.1) is 0 Å². The van der Waals surface area contributed by atoms with Crippen LogP contribution in [0.1, 0.15) is 21.6 Å². The summed E-state index contributed by atoms with van der Waals surface area (Å²) < 4.78 is 7.50. The van der Waals surface area contributed by atoms with Gasteiger partial charge < -0.3 is 4.74 Å². The quantitative estimate of drug-likeness (QED) is 0.373. The fourth-order valence-corrected chi connectivity index (χ4v) is 4.10. The molecule has 0 spiro atoms. The van der Waals surface area contributed by atoms with Crippen LogP contribution in [0.4, 0.5) is 0 Å². The lowest BCUT2D eigenvalue weighted by Gasteiger charge is -2.19. The summed E-state index contributed by atoms with van der Waals surface area (Å²) in [6.07, 6.45) is 0. The first-order chi connectivity index (χ1) is 14.5. The number of carbonyl (C=O) groups excluding carboxylic acids is 1. The summed E-state index contributed by atoms with van der Waals surface area (Å²) >= 11 is 3.50. The number of fused-ring (bicyclic) bond motifs is 1. The second kappa shape index (κ2) is 8.28. The van der Waals surface area contributed by atoms with Crippen molar-refractivity contribution in [3.63, 3.8) is 0 Å². The summed E-state index contributed by atoms with van der Waals surface area (Å²) in [5.41, 5.74) is 3.59. The van der Waals surface area contributed by atoms with Gasteiger partial charge in [0.2, 0.25) is 0 Å². The van der Waals surface area contributed by atoms with E-state index < -0.39 is 5.97 Å². The number of hydrogen-bond donors (Lipinski definition) is 0. The summed E-state index contributed by atoms with van der Waals surface area (Å²) in [4.78, 5) is 26.5. The van der Waals surface area contributed by atoms with E-state index in [9.17, 15) is 9.59 Å². The van der Waals surface area contributed by atoms with Crippen LogP contribution >= 0.6 is 15.9 Å². The number of ether oxygens (including phenoxy) is 1. The highest BCUT2D eigenvalue weighted by Gasteiger charge is 2.24. The van der Waals surface area contributed by atoms with Gasteiger partial charge in [-0.2, -0.15) is 0 Å². The first-order valence-corrected chi connectivity index (χ1v) is 10.3. The first kappa shape index (κ1) is 20.1. The lowest BCUT2D eigenvalue weighted by atomic mass is 9.96. The number of carbonyl (C=O) groups is 1. The normalized spacial score (nSPS) is 10.9. The zero-order valence-electron chi connectivity index (χ0n) is 16.7. The summed E-state index contributed by atoms with van der Waals surface area (Å²) in [6, 6.07) is 23.0. The van der Waals surface area contributed by atoms with E-state index in [0.717, 1.165) is 21.2 Å². The van der Waals surface area contributed by atoms with Crippen LogP contribution < -0.4 is 5.56 Å². The molecule has 30 heavy (non-hydrogen) atoms. The summed E-state index contributed by atoms with van der Waals surface area (Å²) in [5.74, 6) is -0.540. The summed E-state index contributed by atoms with van der Waals surface area (Å²) in [6.45, 7) is 2.27. The SMILES string of the molecule is COC(=O)c1c(-c2ccccc2)c2cc(Br)ccc2c(=O)n1Cc1ccccc1C. The van der Waals surface area contributed by atoms with E-state index in [1.807, 2.05) is 73.7 Å². The summed E-state index contributed by atoms with van der Waals surface area (Å²) in [5, 5.41) is 1.26. The molecular formula is C25H20BrNO3. The molecule has 0 saturated heterocycles. The highest BCUT2D eigenvalue weighted by Crippen LogP contribution is 2.33. The smallest absolute Gasteiger partial charge is 0.355 e. The van der Waals surface area contributed by atoms with E-state index >= 15 is 0 Å². The minimum atomic E-state index is -0.540. The number of rotatable bonds is 4. The van der Waals surface area contributed by atoms with Crippen molar-refractivity contribution in [3.8, 4) is 11.1 Å². The zero-order valence-corrected chi connectivity index (χ0v) is 18.3. The molecule has 5 heteroatoms. The Bertz CT molecular complexity index is 1310. The molecular weight excluding hydrogens is 442 g/mol. The molecule has 4 aromatic rings. The highest BCUT2D eigenvalue weighted by atomic mass is 79.9. The van der Waals surface area contributed by atoms with Gasteiger partial charge in [0.05, 0.1) is 13.7 Å². The number of hydrogen-bond acceptors (Lipinski definition) is 3. The molecule has 0 N–H and O–H groups in total. The molecule has 0 atom stereocenters. The van der Waals surface area contributed by atoms with E-state index in [1.54, 1.807) is 6.07 Å². The van der Waals surface area contributed by atoms with Crippen molar-refractivity contribution in [2.45, 2.75) is 13.5 Å². The van der Waals surface area contributed by atoms with E-state index in [-0.39, 0.29) is 17.8 Å². The van der Waals surface area contributed by atoms with Gasteiger partial charge in [-0.3, -0.25) is 9.36 Å². The van der Waals surface area contributed by atoms with Crippen LogP contribution in [-0.4, -0.2) is 17.6 Å². The number of pyridine rings is 1. The van der Waals surface area contributed by atoms with Gasteiger partial charge in [-0.25, -0.2) is 4.79 Å². The molecule has 0 fully saturated rings. The van der Waals surface area contributed by atoms with Gasteiger partial charge in [-0.05, 0) is 47.2 Å². The van der Waals surface area contributed by atoms with Crippen LogP contribution in [0.3, 0.4) is 0 Å². The third-order valence-corrected chi connectivity index (χ3v) is 5.76. The monoisotopic (exact) mass is 461 g/mol. The molecule has 3 aromatic carbocycles. The number of halogens is 1. The molecule has 150 valence electrons. The molecule has 0 saturated carbocycles. The van der Waals surface area contributed by atoms with E-state index in [0.29, 0.717) is 16.3 Å². The van der Waals surface area contributed by atoms with Crippen molar-refractivity contribution >= 4 is 32.7 Å². The Morgan fingerprint density at radius 2 is 1.67 bits per heavy atom. The maximum atomic E-state index is 13.5. The second-order valence-electron chi connectivity index (χ2n) is 7.09. The molecule has 4 rings (SSSR count). The Morgan fingerprint density at radius 3 is 2.37 bits per heavy atom. The number of methoxy groups -OCH3 is 1. The van der Waals surface area contributed by atoms with Crippen molar-refractivity contribution < 1.29 is 9.53 Å². The minimum Gasteiger partial charge on any atom is -0.464 e. The number of benzene rings is 3. The minimum absolute atomic E-state index is 0.221. The number of aromatic nitrogens is 1. The standard InChI is InChI=1S/C25H20BrNO3/c1-16-8-6-7-11-18(16)15-27-23(25(29)30-2)22(17-9-4-3-5-10-17)21-14-19(26)12-13-20(21)24(27)28/h3-14H,15H2,1-2H3. The second-order valence-corrected chi connectivity index (χ2v) is 8.00. The van der Waals surface area contributed by atoms with Gasteiger partial charge in [-0.1, -0.05) is 70.5 Å². The lowest BCUT2D eigenvalue weighted by molar-refractivity contribution is 0.0588. The Morgan fingerprint density at radius 1 is 0.967 bits per heavy atom. The predicted octanol–water partition coefficient (Wildman–Crippen LogP) is 5.57. The van der Waals surface area contributed by atoms with Crippen LogP contribution in [-0.2, 0) is 11.3 Å². The first-order valence-electron chi connectivity index (χ1n) is 9.55. The van der Waals surface area contributed by atoms with Crippen molar-refractivity contribution in [3.05, 3.63) is 104 Å². The van der Waals surface area contributed by atoms with Crippen LogP contribution in [0.15, 0.2) is 82.1 Å². The molecule has 0 aliphatic rings. The third-order valence-electron chi connectivity index (χ3n) is 5.26. The van der Waals surface area contributed by atoms with Crippen LogP contribution in [0.25, 0.3) is 21.9 Å². The topological polar surface area (TPSA) is 48.3 Å². The molecule has 0 aliphatic heterocycles. The van der Waals surface area contributed by atoms with E-state index in [2.05, 4.69) is 15.9 Å². The van der Waals surface area contributed by atoms with Gasteiger partial charge in [0, 0.05) is 15.4 Å². The molecule has 0 amide bonds. The molecule has 0 radical (unpaired) electrons. The molecule has 1 heterocycles. The van der Waals surface area contributed by atoms with Crippen LogP contribution in [0.2, 0.25) is 0 Å². The van der Waals surface area contributed by atoms with Gasteiger partial charge in [0.25, 0.3) is 5.56 Å². The van der Waals surface area contributed by atoms with E-state index in [1.165, 1.54) is 11.7 Å². The van der Waals surface area contributed by atoms with Gasteiger partial charge >= 0.3 is 5.97 Å². The Kier molecular flexibility index (Phi) is 5.55. The van der Waals surface area contributed by atoms with Gasteiger partial charge in [0.1, 0.15) is 5.69 Å². The fourth-order valence-electron chi connectivity index (χ4n) is 3.73. The molecule has 1 aromatic heterocycles. The predicted molar refractivity (Wildman–Crippen MR) is 123 cm³/mol. The Labute approximate surface area is 182 Å². The highest BCUT2D eigenvalue weighted by molar-refractivity contribution is 9.10. The largest absolute Gasteiger partial charge is 0.464 e. The molecule has 0 bridgehead atoms. The third kappa shape index (κ3) is 3.57. The van der Waals surface area contributed by atoms with Crippen molar-refractivity contribution in [1.82, 2.24) is 4.57 Å². The van der Waals surface area contributed by atoms with Gasteiger partial charge in [0.15, 0.2) is 0 Å². The van der Waals surface area contributed by atoms with Crippen molar-refractivity contribution in [2.75, 3.05) is 7.11 Å². The van der Waals surface area contributed by atoms with Crippen molar-refractivity contribution in [1.29, 1.82) is 0 Å². The summed E-state index contributed by atoms with van der Waals surface area (Å²) in [7, 11) is 1.34. The zero-order chi connectivity index (χ0) is 21.3. The molecule has 4 nitrogen and oxygen atoms in total. The Hall–Kier alpha value is -3.18. The number of esters is 1. The molecule has 0 unspecified atom stereocenters. The number of aryl methyl sites for hydroxylation is 1. The lowest BCUT2D eigenvalue weighted by Crippen LogP contribution is -2.28. The number of nitrogens with zero attached hydrogens (tertiary/aromatic N) is 1. The van der Waals surface area contributed by atoms with E-state index in [4.69, 9.17) is 4.74 Å². The fraction of sp³-hybridized carbons (Fsp3) is 0.120. The Balaban J connectivity index is 2.14. The van der Waals surface area contributed by atoms with Crippen molar-refractivity contribution in [2.24, 2.45) is 0 Å². The van der Waals surface area contributed by atoms with Crippen LogP contribution in [0, 0.1) is 6.92 Å². The van der Waals surface area contributed by atoms with Crippen LogP contribution in [0.5, 0.6) is 0 Å².